The molecule has 0 aliphatic carbocycles. The van der Waals surface area contributed by atoms with Gasteiger partial charge in [-0.2, -0.15) is 0 Å². The Balaban J connectivity index is 2.01. The van der Waals surface area contributed by atoms with E-state index in [1.165, 1.54) is 12.4 Å². The van der Waals surface area contributed by atoms with Gasteiger partial charge in [0, 0.05) is 5.02 Å². The van der Waals surface area contributed by atoms with Crippen molar-refractivity contribution in [2.45, 2.75) is 6.42 Å². The standard InChI is InChI=1S/C12H9BrClN3O/c13-10-6-16-11(7-15-10)17-12(18)5-8-3-1-2-4-9(8)14/h1-4,6-7H,5H2,(H,16,17,18). The first-order valence-electron chi connectivity index (χ1n) is 5.16. The lowest BCUT2D eigenvalue weighted by atomic mass is 10.1. The van der Waals surface area contributed by atoms with E-state index < -0.39 is 0 Å². The van der Waals surface area contributed by atoms with Gasteiger partial charge in [-0.25, -0.2) is 9.97 Å². The molecule has 6 heteroatoms. The molecule has 1 amide bonds. The molecule has 0 atom stereocenters. The predicted molar refractivity (Wildman–Crippen MR) is 73.5 cm³/mol. The summed E-state index contributed by atoms with van der Waals surface area (Å²) < 4.78 is 0.617. The van der Waals surface area contributed by atoms with E-state index >= 15 is 0 Å². The quantitative estimate of drug-likeness (QED) is 0.943. The molecule has 0 bridgehead atoms. The third kappa shape index (κ3) is 3.51. The van der Waals surface area contributed by atoms with Crippen LogP contribution in [0.2, 0.25) is 5.02 Å². The Kier molecular flexibility index (Phi) is 4.28. The highest BCUT2D eigenvalue weighted by molar-refractivity contribution is 9.10. The SMILES string of the molecule is O=C(Cc1ccccc1Cl)Nc1cnc(Br)cn1. The van der Waals surface area contributed by atoms with Crippen LogP contribution in [0.5, 0.6) is 0 Å². The molecule has 0 unspecified atom stereocenters. The first kappa shape index (κ1) is 13.0. The van der Waals surface area contributed by atoms with E-state index in [0.717, 1.165) is 5.56 Å². The molecule has 0 saturated heterocycles. The van der Waals surface area contributed by atoms with Gasteiger partial charge in [0.25, 0.3) is 0 Å². The lowest BCUT2D eigenvalue weighted by molar-refractivity contribution is -0.115. The van der Waals surface area contributed by atoms with E-state index in [0.29, 0.717) is 15.4 Å². The van der Waals surface area contributed by atoms with Crippen LogP contribution in [0.4, 0.5) is 5.82 Å². The summed E-state index contributed by atoms with van der Waals surface area (Å²) >= 11 is 9.15. The zero-order chi connectivity index (χ0) is 13.0. The van der Waals surface area contributed by atoms with Gasteiger partial charge in [0.1, 0.15) is 4.60 Å². The molecular weight excluding hydrogens is 318 g/mol. The lowest BCUT2D eigenvalue weighted by Gasteiger charge is -2.05. The van der Waals surface area contributed by atoms with E-state index in [1.807, 2.05) is 18.2 Å². The first-order chi connectivity index (χ1) is 8.65. The van der Waals surface area contributed by atoms with Crippen LogP contribution >= 0.6 is 27.5 Å². The van der Waals surface area contributed by atoms with Crippen LogP contribution in [0.15, 0.2) is 41.3 Å². The number of carbonyl (C=O) groups excluding carboxylic acids is 1. The summed E-state index contributed by atoms with van der Waals surface area (Å²) in [4.78, 5) is 19.7. The van der Waals surface area contributed by atoms with Crippen molar-refractivity contribution in [3.8, 4) is 0 Å². The summed E-state index contributed by atoms with van der Waals surface area (Å²) in [5, 5.41) is 3.23. The molecule has 1 N–H and O–H groups in total. The molecule has 0 saturated carbocycles. The number of carbonyl (C=O) groups is 1. The number of halogens is 2. The van der Waals surface area contributed by atoms with Gasteiger partial charge < -0.3 is 5.32 Å². The van der Waals surface area contributed by atoms with Gasteiger partial charge in [0.15, 0.2) is 5.82 Å². The molecule has 0 radical (unpaired) electrons. The molecule has 4 nitrogen and oxygen atoms in total. The minimum absolute atomic E-state index is 0.181. The van der Waals surface area contributed by atoms with Crippen molar-refractivity contribution in [2.75, 3.05) is 5.32 Å². The highest BCUT2D eigenvalue weighted by Crippen LogP contribution is 2.16. The smallest absolute Gasteiger partial charge is 0.230 e. The topological polar surface area (TPSA) is 54.9 Å². The molecule has 1 heterocycles. The van der Waals surface area contributed by atoms with Gasteiger partial charge in [-0.15, -0.1) is 0 Å². The summed E-state index contributed by atoms with van der Waals surface area (Å²) in [5.41, 5.74) is 0.779. The molecule has 2 rings (SSSR count). The molecule has 0 fully saturated rings. The number of anilines is 1. The fourth-order valence-corrected chi connectivity index (χ4v) is 1.79. The maximum atomic E-state index is 11.8. The summed E-state index contributed by atoms with van der Waals surface area (Å²) in [6.07, 6.45) is 3.21. The summed E-state index contributed by atoms with van der Waals surface area (Å²) in [6.45, 7) is 0. The lowest BCUT2D eigenvalue weighted by Crippen LogP contribution is -2.15. The zero-order valence-electron chi connectivity index (χ0n) is 9.23. The van der Waals surface area contributed by atoms with Gasteiger partial charge in [-0.3, -0.25) is 4.79 Å². The number of rotatable bonds is 3. The van der Waals surface area contributed by atoms with Gasteiger partial charge >= 0.3 is 0 Å². The highest BCUT2D eigenvalue weighted by Gasteiger charge is 2.07. The molecule has 92 valence electrons. The molecule has 0 aliphatic heterocycles. The maximum Gasteiger partial charge on any atom is 0.230 e. The number of aromatic nitrogens is 2. The largest absolute Gasteiger partial charge is 0.309 e. The van der Waals surface area contributed by atoms with E-state index in [2.05, 4.69) is 31.2 Å². The van der Waals surface area contributed by atoms with Crippen molar-refractivity contribution in [2.24, 2.45) is 0 Å². The molecular formula is C12H9BrClN3O. The highest BCUT2D eigenvalue weighted by atomic mass is 79.9. The monoisotopic (exact) mass is 325 g/mol. The Bertz CT molecular complexity index is 560. The summed E-state index contributed by atoms with van der Waals surface area (Å²) in [5.74, 6) is 0.231. The number of benzene rings is 1. The molecule has 0 spiro atoms. The number of hydrogen-bond donors (Lipinski definition) is 1. The Morgan fingerprint density at radius 1 is 1.28 bits per heavy atom. The maximum absolute atomic E-state index is 11.8. The number of amides is 1. The van der Waals surface area contributed by atoms with E-state index in [4.69, 9.17) is 11.6 Å². The number of nitrogens with zero attached hydrogens (tertiary/aromatic N) is 2. The van der Waals surface area contributed by atoms with Crippen LogP contribution in [-0.4, -0.2) is 15.9 Å². The van der Waals surface area contributed by atoms with Crippen molar-refractivity contribution >= 4 is 39.3 Å². The average molecular weight is 327 g/mol. The molecule has 1 aromatic heterocycles. The molecule has 0 aliphatic rings. The Morgan fingerprint density at radius 2 is 2.06 bits per heavy atom. The van der Waals surface area contributed by atoms with Crippen LogP contribution in [0.3, 0.4) is 0 Å². The fourth-order valence-electron chi connectivity index (χ4n) is 1.38. The second-order valence-electron chi connectivity index (χ2n) is 3.54. The second-order valence-corrected chi connectivity index (χ2v) is 4.76. The van der Waals surface area contributed by atoms with Crippen molar-refractivity contribution in [3.05, 3.63) is 51.8 Å². The molecule has 2 aromatic rings. The van der Waals surface area contributed by atoms with Crippen LogP contribution in [0, 0.1) is 0 Å². The van der Waals surface area contributed by atoms with Crippen LogP contribution in [0.1, 0.15) is 5.56 Å². The van der Waals surface area contributed by atoms with Gasteiger partial charge in [0.2, 0.25) is 5.91 Å². The fraction of sp³-hybridized carbons (Fsp3) is 0.0833. The van der Waals surface area contributed by atoms with Crippen LogP contribution in [-0.2, 0) is 11.2 Å². The van der Waals surface area contributed by atoms with Gasteiger partial charge in [-0.05, 0) is 27.6 Å². The number of hydrogen-bond acceptors (Lipinski definition) is 3. The first-order valence-corrected chi connectivity index (χ1v) is 6.33. The third-order valence-electron chi connectivity index (χ3n) is 2.20. The van der Waals surface area contributed by atoms with E-state index in [-0.39, 0.29) is 12.3 Å². The minimum atomic E-state index is -0.181. The van der Waals surface area contributed by atoms with E-state index in [9.17, 15) is 4.79 Å². The summed E-state index contributed by atoms with van der Waals surface area (Å²) in [7, 11) is 0. The second kappa shape index (κ2) is 5.93. The van der Waals surface area contributed by atoms with Crippen LogP contribution in [0.25, 0.3) is 0 Å². The Hall–Kier alpha value is -1.46. The Labute approximate surface area is 118 Å². The van der Waals surface area contributed by atoms with Crippen molar-refractivity contribution < 1.29 is 4.79 Å². The number of nitrogens with one attached hydrogen (secondary N) is 1. The van der Waals surface area contributed by atoms with Gasteiger partial charge in [-0.1, -0.05) is 29.8 Å². The molecule has 1 aromatic carbocycles. The predicted octanol–water partition coefficient (Wildman–Crippen LogP) is 3.07. The third-order valence-corrected chi connectivity index (χ3v) is 2.97. The normalized spacial score (nSPS) is 10.1. The zero-order valence-corrected chi connectivity index (χ0v) is 11.6. The Morgan fingerprint density at radius 3 is 2.72 bits per heavy atom. The van der Waals surface area contributed by atoms with Crippen molar-refractivity contribution in [3.63, 3.8) is 0 Å². The van der Waals surface area contributed by atoms with Gasteiger partial charge in [0.05, 0.1) is 18.8 Å². The average Bonchev–Trinajstić information content (AvgIpc) is 2.35. The van der Waals surface area contributed by atoms with Crippen molar-refractivity contribution in [1.82, 2.24) is 9.97 Å². The van der Waals surface area contributed by atoms with Crippen LogP contribution < -0.4 is 5.32 Å². The van der Waals surface area contributed by atoms with Crippen molar-refractivity contribution in [1.29, 1.82) is 0 Å². The summed E-state index contributed by atoms with van der Waals surface area (Å²) in [6, 6.07) is 7.23. The molecule has 18 heavy (non-hydrogen) atoms. The van der Waals surface area contributed by atoms with E-state index in [1.54, 1.807) is 6.07 Å². The minimum Gasteiger partial charge on any atom is -0.309 e.